The fourth-order valence-electron chi connectivity index (χ4n) is 1.49. The van der Waals surface area contributed by atoms with Gasteiger partial charge in [-0.2, -0.15) is 0 Å². The van der Waals surface area contributed by atoms with Gasteiger partial charge in [-0.1, -0.05) is 6.92 Å². The van der Waals surface area contributed by atoms with Crippen molar-refractivity contribution in [2.45, 2.75) is 6.92 Å². The lowest BCUT2D eigenvalue weighted by atomic mass is 9.72. The van der Waals surface area contributed by atoms with Crippen molar-refractivity contribution >= 4 is 0 Å². The predicted octanol–water partition coefficient (Wildman–Crippen LogP) is -0.149. The van der Waals surface area contributed by atoms with Gasteiger partial charge in [0.05, 0.1) is 6.61 Å². The molecule has 0 spiro atoms. The highest BCUT2D eigenvalue weighted by Gasteiger charge is 2.41. The van der Waals surface area contributed by atoms with Gasteiger partial charge in [-0.25, -0.2) is 0 Å². The quantitative estimate of drug-likeness (QED) is 0.599. The fraction of sp³-hybridized carbons (Fsp3) is 1.00. The predicted molar refractivity (Wildman–Crippen MR) is 43.4 cm³/mol. The van der Waals surface area contributed by atoms with Crippen LogP contribution in [0.4, 0.5) is 0 Å². The molecule has 66 valence electrons. The van der Waals surface area contributed by atoms with Gasteiger partial charge in [0, 0.05) is 32.2 Å². The highest BCUT2D eigenvalue weighted by atomic mass is 16.5. The van der Waals surface area contributed by atoms with Gasteiger partial charge in [0.25, 0.3) is 0 Å². The second-order valence-electron chi connectivity index (χ2n) is 3.48. The molecule has 1 unspecified atom stereocenters. The van der Waals surface area contributed by atoms with Crippen molar-refractivity contribution in [3.8, 4) is 0 Å². The third kappa shape index (κ3) is 1.55. The summed E-state index contributed by atoms with van der Waals surface area (Å²) in [6.45, 7) is 4.98. The van der Waals surface area contributed by atoms with Crippen LogP contribution in [-0.2, 0) is 4.74 Å². The smallest absolute Gasteiger partial charge is 0.0515 e. The third-order valence-corrected chi connectivity index (χ3v) is 2.73. The molecule has 1 heterocycles. The second kappa shape index (κ2) is 3.52. The number of aliphatic hydroxyl groups is 1. The van der Waals surface area contributed by atoms with Gasteiger partial charge in [0.15, 0.2) is 0 Å². The summed E-state index contributed by atoms with van der Waals surface area (Å²) < 4.78 is 5.05. The SMILES string of the molecule is COCC(C)C1(CO)CNC1. The number of methoxy groups -OCH3 is 1. The molecule has 0 aliphatic carbocycles. The Hall–Kier alpha value is -0.120. The van der Waals surface area contributed by atoms with Gasteiger partial charge in [-0.05, 0) is 5.92 Å². The second-order valence-corrected chi connectivity index (χ2v) is 3.48. The lowest BCUT2D eigenvalue weighted by Gasteiger charge is -2.45. The normalized spacial score (nSPS) is 24.3. The van der Waals surface area contributed by atoms with Gasteiger partial charge in [-0.15, -0.1) is 0 Å². The van der Waals surface area contributed by atoms with Gasteiger partial charge >= 0.3 is 0 Å². The zero-order valence-electron chi connectivity index (χ0n) is 7.26. The maximum Gasteiger partial charge on any atom is 0.0515 e. The van der Waals surface area contributed by atoms with Gasteiger partial charge < -0.3 is 15.2 Å². The van der Waals surface area contributed by atoms with Crippen LogP contribution < -0.4 is 5.32 Å². The molecule has 1 aliphatic rings. The summed E-state index contributed by atoms with van der Waals surface area (Å²) in [5.74, 6) is 0.443. The molecule has 0 saturated carbocycles. The summed E-state index contributed by atoms with van der Waals surface area (Å²) in [5.41, 5.74) is 0.0933. The maximum atomic E-state index is 9.14. The molecule has 3 nitrogen and oxygen atoms in total. The minimum absolute atomic E-state index is 0.0933. The average molecular weight is 159 g/mol. The number of ether oxygens (including phenoxy) is 1. The first kappa shape index (κ1) is 8.97. The molecule has 1 aliphatic heterocycles. The number of hydrogen-bond acceptors (Lipinski definition) is 3. The van der Waals surface area contributed by atoms with Crippen LogP contribution in [0.25, 0.3) is 0 Å². The maximum absolute atomic E-state index is 9.14. The van der Waals surface area contributed by atoms with Gasteiger partial charge in [0.1, 0.15) is 0 Å². The number of nitrogens with one attached hydrogen (secondary N) is 1. The summed E-state index contributed by atoms with van der Waals surface area (Å²) in [4.78, 5) is 0. The Bertz CT molecular complexity index is 118. The van der Waals surface area contributed by atoms with Crippen LogP contribution in [0.5, 0.6) is 0 Å². The number of hydrogen-bond donors (Lipinski definition) is 2. The van der Waals surface area contributed by atoms with Crippen LogP contribution in [0.15, 0.2) is 0 Å². The highest BCUT2D eigenvalue weighted by Crippen LogP contribution is 2.31. The summed E-state index contributed by atoms with van der Waals surface area (Å²) >= 11 is 0. The van der Waals surface area contributed by atoms with E-state index < -0.39 is 0 Å². The van der Waals surface area contributed by atoms with E-state index in [-0.39, 0.29) is 12.0 Å². The molecule has 2 N–H and O–H groups in total. The molecule has 0 aromatic carbocycles. The van der Waals surface area contributed by atoms with Crippen LogP contribution in [0, 0.1) is 11.3 Å². The third-order valence-electron chi connectivity index (χ3n) is 2.73. The zero-order chi connectivity index (χ0) is 8.32. The highest BCUT2D eigenvalue weighted by molar-refractivity contribution is 4.95. The molecule has 0 aromatic rings. The van der Waals surface area contributed by atoms with Crippen molar-refractivity contribution in [2.75, 3.05) is 33.4 Å². The molecule has 0 aromatic heterocycles. The lowest BCUT2D eigenvalue weighted by molar-refractivity contribution is -0.0161. The Labute approximate surface area is 67.7 Å². The Balaban J connectivity index is 2.40. The van der Waals surface area contributed by atoms with Gasteiger partial charge in [-0.3, -0.25) is 0 Å². The van der Waals surface area contributed by atoms with Crippen LogP contribution in [0.1, 0.15) is 6.92 Å². The Kier molecular flexibility index (Phi) is 2.87. The molecule has 1 fully saturated rings. The standard InChI is InChI=1S/C8H17NO2/c1-7(3-11-2)8(6-10)4-9-5-8/h7,9-10H,3-6H2,1-2H3. The molecule has 1 atom stereocenters. The van der Waals surface area contributed by atoms with E-state index in [4.69, 9.17) is 9.84 Å². The van der Waals surface area contributed by atoms with Crippen LogP contribution in [-0.4, -0.2) is 38.5 Å². The first-order chi connectivity index (χ1) is 5.25. The number of rotatable bonds is 4. The summed E-state index contributed by atoms with van der Waals surface area (Å²) in [7, 11) is 1.70. The van der Waals surface area contributed by atoms with Crippen molar-refractivity contribution in [2.24, 2.45) is 11.3 Å². The summed E-state index contributed by atoms with van der Waals surface area (Å²) in [5, 5.41) is 12.3. The Morgan fingerprint density at radius 2 is 2.27 bits per heavy atom. The lowest BCUT2D eigenvalue weighted by Crippen LogP contribution is -2.59. The largest absolute Gasteiger partial charge is 0.396 e. The monoisotopic (exact) mass is 159 g/mol. The van der Waals surface area contributed by atoms with E-state index in [9.17, 15) is 0 Å². The molecular weight excluding hydrogens is 142 g/mol. The van der Waals surface area contributed by atoms with Crippen LogP contribution in [0.3, 0.4) is 0 Å². The average Bonchev–Trinajstić information content (AvgIpc) is 1.87. The van der Waals surface area contributed by atoms with Crippen molar-refractivity contribution in [3.05, 3.63) is 0 Å². The van der Waals surface area contributed by atoms with Crippen molar-refractivity contribution in [3.63, 3.8) is 0 Å². The Morgan fingerprint density at radius 3 is 2.55 bits per heavy atom. The van der Waals surface area contributed by atoms with E-state index in [2.05, 4.69) is 12.2 Å². The summed E-state index contributed by atoms with van der Waals surface area (Å²) in [6.07, 6.45) is 0. The fourth-order valence-corrected chi connectivity index (χ4v) is 1.49. The molecule has 0 bridgehead atoms. The van der Waals surface area contributed by atoms with E-state index in [1.807, 2.05) is 0 Å². The molecule has 1 rings (SSSR count). The molecule has 11 heavy (non-hydrogen) atoms. The molecule has 3 heteroatoms. The van der Waals surface area contributed by atoms with E-state index in [1.54, 1.807) is 7.11 Å². The number of aliphatic hydroxyl groups excluding tert-OH is 1. The van der Waals surface area contributed by atoms with E-state index in [1.165, 1.54) is 0 Å². The van der Waals surface area contributed by atoms with E-state index in [0.29, 0.717) is 5.92 Å². The van der Waals surface area contributed by atoms with Crippen LogP contribution >= 0.6 is 0 Å². The zero-order valence-corrected chi connectivity index (χ0v) is 7.26. The van der Waals surface area contributed by atoms with Crippen molar-refractivity contribution < 1.29 is 9.84 Å². The molecule has 1 saturated heterocycles. The van der Waals surface area contributed by atoms with Crippen molar-refractivity contribution in [1.29, 1.82) is 0 Å². The van der Waals surface area contributed by atoms with E-state index in [0.717, 1.165) is 19.7 Å². The molecule has 0 amide bonds. The van der Waals surface area contributed by atoms with Crippen molar-refractivity contribution in [1.82, 2.24) is 5.32 Å². The van der Waals surface area contributed by atoms with E-state index >= 15 is 0 Å². The van der Waals surface area contributed by atoms with Gasteiger partial charge in [0.2, 0.25) is 0 Å². The minimum atomic E-state index is 0.0933. The topological polar surface area (TPSA) is 41.5 Å². The molecular formula is C8H17NO2. The Morgan fingerprint density at radius 1 is 1.64 bits per heavy atom. The first-order valence-electron chi connectivity index (χ1n) is 4.06. The summed E-state index contributed by atoms with van der Waals surface area (Å²) in [6, 6.07) is 0. The molecule has 0 radical (unpaired) electrons. The minimum Gasteiger partial charge on any atom is -0.396 e. The first-order valence-corrected chi connectivity index (χ1v) is 4.06. The van der Waals surface area contributed by atoms with Crippen LogP contribution in [0.2, 0.25) is 0 Å².